The number of carbonyl (C=O) groups is 1. The molecule has 2 fully saturated rings. The molecular formula is C16H21ClN2O. The van der Waals surface area contributed by atoms with E-state index in [1.54, 1.807) is 0 Å². The van der Waals surface area contributed by atoms with E-state index >= 15 is 0 Å². The number of hydrogen-bond acceptors (Lipinski definition) is 2. The molecule has 0 spiro atoms. The van der Waals surface area contributed by atoms with Crippen LogP contribution in [0, 0.1) is 11.8 Å². The molecule has 0 aromatic heterocycles. The van der Waals surface area contributed by atoms with Gasteiger partial charge in [0.15, 0.2) is 0 Å². The van der Waals surface area contributed by atoms with Crippen molar-refractivity contribution in [3.8, 4) is 0 Å². The largest absolute Gasteiger partial charge is 0.337 e. The molecule has 0 saturated carbocycles. The van der Waals surface area contributed by atoms with Crippen molar-refractivity contribution >= 4 is 17.5 Å². The Morgan fingerprint density at radius 2 is 2.05 bits per heavy atom. The molecule has 2 heterocycles. The van der Waals surface area contributed by atoms with Crippen LogP contribution in [-0.2, 0) is 11.2 Å². The summed E-state index contributed by atoms with van der Waals surface area (Å²) in [6.45, 7) is 7.35. The lowest BCUT2D eigenvalue weighted by atomic mass is 9.85. The third-order valence-electron chi connectivity index (χ3n) is 4.93. The topological polar surface area (TPSA) is 32.3 Å². The number of benzene rings is 1. The highest BCUT2D eigenvalue weighted by atomic mass is 35.5. The lowest BCUT2D eigenvalue weighted by Crippen LogP contribution is -2.48. The van der Waals surface area contributed by atoms with E-state index in [4.69, 9.17) is 11.6 Å². The van der Waals surface area contributed by atoms with Crippen molar-refractivity contribution in [3.05, 3.63) is 34.9 Å². The van der Waals surface area contributed by atoms with E-state index in [1.807, 2.05) is 24.3 Å². The standard InChI is InChI=1S/C16H21ClN2O/c1-16(2)14-9-18-8-12(14)10-19(16)15(20)7-11-3-5-13(17)6-4-11/h3-6,12,14,18H,7-10H2,1-2H3. The van der Waals surface area contributed by atoms with E-state index in [1.165, 1.54) is 0 Å². The summed E-state index contributed by atoms with van der Waals surface area (Å²) in [6.07, 6.45) is 0.466. The molecule has 2 unspecified atom stereocenters. The monoisotopic (exact) mass is 292 g/mol. The first-order chi connectivity index (χ1) is 9.48. The summed E-state index contributed by atoms with van der Waals surface area (Å²) in [5.74, 6) is 1.42. The molecule has 2 atom stereocenters. The number of nitrogens with zero attached hydrogens (tertiary/aromatic N) is 1. The molecular weight excluding hydrogens is 272 g/mol. The summed E-state index contributed by atoms with van der Waals surface area (Å²) < 4.78 is 0. The van der Waals surface area contributed by atoms with Gasteiger partial charge < -0.3 is 10.2 Å². The molecule has 2 aliphatic heterocycles. The smallest absolute Gasteiger partial charge is 0.227 e. The Morgan fingerprint density at radius 1 is 1.35 bits per heavy atom. The van der Waals surface area contributed by atoms with Crippen LogP contribution in [0.25, 0.3) is 0 Å². The van der Waals surface area contributed by atoms with Crippen molar-refractivity contribution in [3.63, 3.8) is 0 Å². The quantitative estimate of drug-likeness (QED) is 0.907. The van der Waals surface area contributed by atoms with Crippen molar-refractivity contribution < 1.29 is 4.79 Å². The predicted octanol–water partition coefficient (Wildman–Crippen LogP) is 2.34. The minimum atomic E-state index is -0.0440. The Labute approximate surface area is 125 Å². The molecule has 3 rings (SSSR count). The fraction of sp³-hybridized carbons (Fsp3) is 0.562. The van der Waals surface area contributed by atoms with E-state index in [2.05, 4.69) is 24.1 Å². The van der Waals surface area contributed by atoms with Crippen molar-refractivity contribution in [2.45, 2.75) is 25.8 Å². The van der Waals surface area contributed by atoms with Crippen LogP contribution in [0.1, 0.15) is 19.4 Å². The van der Waals surface area contributed by atoms with E-state index in [0.717, 1.165) is 25.2 Å². The maximum atomic E-state index is 12.6. The van der Waals surface area contributed by atoms with Gasteiger partial charge in [0, 0.05) is 30.2 Å². The van der Waals surface area contributed by atoms with Gasteiger partial charge in [-0.25, -0.2) is 0 Å². The molecule has 0 aliphatic carbocycles. The number of halogens is 1. The molecule has 2 saturated heterocycles. The molecule has 1 aromatic carbocycles. The minimum Gasteiger partial charge on any atom is -0.337 e. The van der Waals surface area contributed by atoms with E-state index in [-0.39, 0.29) is 11.4 Å². The van der Waals surface area contributed by atoms with Gasteiger partial charge >= 0.3 is 0 Å². The fourth-order valence-corrected chi connectivity index (χ4v) is 3.84. The van der Waals surface area contributed by atoms with E-state index in [0.29, 0.717) is 23.3 Å². The lowest BCUT2D eigenvalue weighted by Gasteiger charge is -2.35. The van der Waals surface area contributed by atoms with Crippen LogP contribution in [0.15, 0.2) is 24.3 Å². The molecule has 0 radical (unpaired) electrons. The maximum Gasteiger partial charge on any atom is 0.227 e. The van der Waals surface area contributed by atoms with Crippen LogP contribution in [0.3, 0.4) is 0 Å². The lowest BCUT2D eigenvalue weighted by molar-refractivity contribution is -0.134. The fourth-order valence-electron chi connectivity index (χ4n) is 3.72. The Hall–Kier alpha value is -1.06. The Balaban J connectivity index is 1.73. The predicted molar refractivity (Wildman–Crippen MR) is 80.8 cm³/mol. The zero-order chi connectivity index (χ0) is 14.3. The van der Waals surface area contributed by atoms with Crippen molar-refractivity contribution in [1.82, 2.24) is 10.2 Å². The summed E-state index contributed by atoms with van der Waals surface area (Å²) >= 11 is 5.88. The molecule has 1 amide bonds. The highest BCUT2D eigenvalue weighted by Crippen LogP contribution is 2.40. The van der Waals surface area contributed by atoms with Gasteiger partial charge in [-0.05, 0) is 43.4 Å². The summed E-state index contributed by atoms with van der Waals surface area (Å²) in [5.41, 5.74) is 0.989. The zero-order valence-electron chi connectivity index (χ0n) is 12.0. The van der Waals surface area contributed by atoms with Crippen LogP contribution in [0.4, 0.5) is 0 Å². The number of fused-ring (bicyclic) bond motifs is 1. The highest BCUT2D eigenvalue weighted by molar-refractivity contribution is 6.30. The molecule has 1 aromatic rings. The maximum absolute atomic E-state index is 12.6. The van der Waals surface area contributed by atoms with Crippen LogP contribution in [0.5, 0.6) is 0 Å². The van der Waals surface area contributed by atoms with Crippen molar-refractivity contribution in [2.75, 3.05) is 19.6 Å². The second kappa shape index (κ2) is 5.05. The van der Waals surface area contributed by atoms with Crippen molar-refractivity contribution in [1.29, 1.82) is 0 Å². The van der Waals surface area contributed by atoms with Crippen LogP contribution in [-0.4, -0.2) is 36.0 Å². The van der Waals surface area contributed by atoms with Gasteiger partial charge in [-0.15, -0.1) is 0 Å². The first kappa shape index (κ1) is 13.9. The summed E-state index contributed by atoms with van der Waals surface area (Å²) in [7, 11) is 0. The first-order valence-electron chi connectivity index (χ1n) is 7.24. The molecule has 1 N–H and O–H groups in total. The summed E-state index contributed by atoms with van der Waals surface area (Å²) in [6, 6.07) is 7.56. The van der Waals surface area contributed by atoms with Gasteiger partial charge in [-0.3, -0.25) is 4.79 Å². The second-order valence-electron chi connectivity index (χ2n) is 6.49. The van der Waals surface area contributed by atoms with Gasteiger partial charge in [0.2, 0.25) is 5.91 Å². The number of rotatable bonds is 2. The summed E-state index contributed by atoms with van der Waals surface area (Å²) in [5, 5.41) is 4.15. The number of likely N-dealkylation sites (tertiary alicyclic amines) is 1. The zero-order valence-corrected chi connectivity index (χ0v) is 12.8. The minimum absolute atomic E-state index is 0.0440. The van der Waals surface area contributed by atoms with Crippen LogP contribution < -0.4 is 5.32 Å². The molecule has 2 aliphatic rings. The van der Waals surface area contributed by atoms with E-state index in [9.17, 15) is 4.79 Å². The Kier molecular flexibility index (Phi) is 3.51. The average Bonchev–Trinajstić information content (AvgIpc) is 2.95. The third-order valence-corrected chi connectivity index (χ3v) is 5.18. The van der Waals surface area contributed by atoms with Gasteiger partial charge in [-0.2, -0.15) is 0 Å². The first-order valence-corrected chi connectivity index (χ1v) is 7.62. The number of hydrogen-bond donors (Lipinski definition) is 1. The van der Waals surface area contributed by atoms with Crippen LogP contribution >= 0.6 is 11.6 Å². The normalized spacial score (nSPS) is 27.6. The average molecular weight is 293 g/mol. The Bertz CT molecular complexity index is 512. The van der Waals surface area contributed by atoms with Gasteiger partial charge in [0.25, 0.3) is 0 Å². The number of amides is 1. The second-order valence-corrected chi connectivity index (χ2v) is 6.92. The van der Waals surface area contributed by atoms with E-state index < -0.39 is 0 Å². The third kappa shape index (κ3) is 2.33. The molecule has 3 nitrogen and oxygen atoms in total. The summed E-state index contributed by atoms with van der Waals surface area (Å²) in [4.78, 5) is 14.7. The molecule has 108 valence electrons. The molecule has 20 heavy (non-hydrogen) atoms. The van der Waals surface area contributed by atoms with Gasteiger partial charge in [-0.1, -0.05) is 23.7 Å². The number of nitrogens with one attached hydrogen (secondary N) is 1. The SMILES string of the molecule is CC1(C)C2CNCC2CN1C(=O)Cc1ccc(Cl)cc1. The molecule has 0 bridgehead atoms. The van der Waals surface area contributed by atoms with Crippen molar-refractivity contribution in [2.24, 2.45) is 11.8 Å². The molecule has 4 heteroatoms. The van der Waals surface area contributed by atoms with Gasteiger partial charge in [0.05, 0.1) is 6.42 Å². The Morgan fingerprint density at radius 3 is 2.70 bits per heavy atom. The highest BCUT2D eigenvalue weighted by Gasteiger charge is 2.50. The van der Waals surface area contributed by atoms with Gasteiger partial charge in [0.1, 0.15) is 0 Å². The van der Waals surface area contributed by atoms with Crippen LogP contribution in [0.2, 0.25) is 5.02 Å². The number of carbonyl (C=O) groups excluding carboxylic acids is 1.